The van der Waals surface area contributed by atoms with Crippen LogP contribution >= 0.6 is 0 Å². The molecule has 0 radical (unpaired) electrons. The maximum Gasteiger partial charge on any atom is 0.123 e. The Hall–Kier alpha value is -1.31. The van der Waals surface area contributed by atoms with Gasteiger partial charge in [-0.3, -0.25) is 0 Å². The number of halogens is 1. The molecule has 0 saturated heterocycles. The van der Waals surface area contributed by atoms with Crippen LogP contribution < -0.4 is 0 Å². The Bertz CT molecular complexity index is 327. The Balaban J connectivity index is 2.61. The molecule has 2 heteroatoms. The van der Waals surface area contributed by atoms with Crippen LogP contribution in [-0.2, 0) is 4.74 Å². The lowest BCUT2D eigenvalue weighted by Crippen LogP contribution is -1.92. The Morgan fingerprint density at radius 3 is 2.53 bits per heavy atom. The van der Waals surface area contributed by atoms with Crippen LogP contribution in [0.4, 0.5) is 4.39 Å². The van der Waals surface area contributed by atoms with Gasteiger partial charge in [-0.15, -0.1) is 0 Å². The highest BCUT2D eigenvalue weighted by atomic mass is 19.1. The van der Waals surface area contributed by atoms with E-state index in [2.05, 4.69) is 6.92 Å². The van der Waals surface area contributed by atoms with Gasteiger partial charge in [0.2, 0.25) is 0 Å². The summed E-state index contributed by atoms with van der Waals surface area (Å²) in [6.45, 7) is 4.05. The van der Waals surface area contributed by atoms with Gasteiger partial charge in [0.05, 0.1) is 12.9 Å². The summed E-state index contributed by atoms with van der Waals surface area (Å²) in [6.07, 6.45) is 2.96. The normalized spacial score (nSPS) is 13.7. The van der Waals surface area contributed by atoms with Gasteiger partial charge in [-0.2, -0.15) is 0 Å². The highest BCUT2D eigenvalue weighted by molar-refractivity contribution is 5.20. The zero-order chi connectivity index (χ0) is 11.3. The van der Waals surface area contributed by atoms with Crippen molar-refractivity contribution < 1.29 is 9.13 Å². The van der Waals surface area contributed by atoms with Crippen LogP contribution in [0.25, 0.3) is 0 Å². The van der Waals surface area contributed by atoms with Crippen molar-refractivity contribution in [1.82, 2.24) is 0 Å². The van der Waals surface area contributed by atoms with Crippen LogP contribution in [0.2, 0.25) is 0 Å². The van der Waals surface area contributed by atoms with Crippen LogP contribution in [0.15, 0.2) is 36.1 Å². The molecule has 0 aliphatic heterocycles. The first-order valence-electron chi connectivity index (χ1n) is 5.09. The molecular weight excluding hydrogens is 191 g/mol. The largest absolute Gasteiger partial charge is 0.502 e. The van der Waals surface area contributed by atoms with E-state index in [0.29, 0.717) is 5.92 Å². The summed E-state index contributed by atoms with van der Waals surface area (Å²) < 4.78 is 17.7. The molecule has 1 unspecified atom stereocenters. The molecule has 0 fully saturated rings. The zero-order valence-corrected chi connectivity index (χ0v) is 9.46. The Morgan fingerprint density at radius 2 is 2.00 bits per heavy atom. The van der Waals surface area contributed by atoms with Crippen LogP contribution in [0, 0.1) is 5.82 Å². The molecule has 1 aromatic carbocycles. The van der Waals surface area contributed by atoms with Crippen LogP contribution in [0.3, 0.4) is 0 Å². The van der Waals surface area contributed by atoms with E-state index in [-0.39, 0.29) is 5.82 Å². The second-order valence-corrected chi connectivity index (χ2v) is 3.71. The van der Waals surface area contributed by atoms with E-state index < -0.39 is 0 Å². The topological polar surface area (TPSA) is 9.23 Å². The summed E-state index contributed by atoms with van der Waals surface area (Å²) in [5, 5.41) is 0. The molecule has 0 amide bonds. The molecule has 0 saturated carbocycles. The molecule has 15 heavy (non-hydrogen) atoms. The standard InChI is InChI=1S/C13H17FO/c1-10(4-5-11(2)15-3)12-6-8-13(14)9-7-12/h5-10H,4H2,1-3H3/b11-5+. The lowest BCUT2D eigenvalue weighted by atomic mass is 9.97. The Morgan fingerprint density at radius 1 is 1.40 bits per heavy atom. The molecule has 1 rings (SSSR count). The van der Waals surface area contributed by atoms with Crippen molar-refractivity contribution in [1.29, 1.82) is 0 Å². The molecule has 0 spiro atoms. The summed E-state index contributed by atoms with van der Waals surface area (Å²) in [5.74, 6) is 1.12. The number of allylic oxidation sites excluding steroid dienone is 2. The molecule has 82 valence electrons. The quantitative estimate of drug-likeness (QED) is 0.682. The van der Waals surface area contributed by atoms with Gasteiger partial charge in [0, 0.05) is 0 Å². The first-order valence-corrected chi connectivity index (χ1v) is 5.09. The monoisotopic (exact) mass is 208 g/mol. The SMILES string of the molecule is CO/C(C)=C/CC(C)c1ccc(F)cc1. The maximum atomic E-state index is 12.7. The zero-order valence-electron chi connectivity index (χ0n) is 9.46. The van der Waals surface area contributed by atoms with Gasteiger partial charge >= 0.3 is 0 Å². The van der Waals surface area contributed by atoms with E-state index in [4.69, 9.17) is 4.74 Å². The minimum Gasteiger partial charge on any atom is -0.502 e. The maximum absolute atomic E-state index is 12.7. The van der Waals surface area contributed by atoms with Crippen molar-refractivity contribution in [3.63, 3.8) is 0 Å². The summed E-state index contributed by atoms with van der Waals surface area (Å²) in [7, 11) is 1.66. The molecule has 0 heterocycles. The lowest BCUT2D eigenvalue weighted by Gasteiger charge is -2.09. The summed E-state index contributed by atoms with van der Waals surface area (Å²) in [4.78, 5) is 0. The van der Waals surface area contributed by atoms with Crippen molar-refractivity contribution in [2.75, 3.05) is 7.11 Å². The van der Waals surface area contributed by atoms with Gasteiger partial charge in [0.1, 0.15) is 5.82 Å². The van der Waals surface area contributed by atoms with Crippen molar-refractivity contribution in [2.45, 2.75) is 26.2 Å². The van der Waals surface area contributed by atoms with Gasteiger partial charge < -0.3 is 4.74 Å². The lowest BCUT2D eigenvalue weighted by molar-refractivity contribution is 0.291. The molecule has 1 aromatic rings. The number of hydrogen-bond donors (Lipinski definition) is 0. The summed E-state index contributed by atoms with van der Waals surface area (Å²) >= 11 is 0. The van der Waals surface area contributed by atoms with Gasteiger partial charge in [-0.05, 0) is 43.0 Å². The predicted octanol–water partition coefficient (Wildman–Crippen LogP) is 3.87. The van der Waals surface area contributed by atoms with E-state index in [1.54, 1.807) is 7.11 Å². The van der Waals surface area contributed by atoms with E-state index >= 15 is 0 Å². The van der Waals surface area contributed by atoms with Gasteiger partial charge in [0.15, 0.2) is 0 Å². The summed E-state index contributed by atoms with van der Waals surface area (Å²) in [6, 6.07) is 6.66. The summed E-state index contributed by atoms with van der Waals surface area (Å²) in [5.41, 5.74) is 1.15. The van der Waals surface area contributed by atoms with Crippen molar-refractivity contribution in [3.8, 4) is 0 Å². The fraction of sp³-hybridized carbons (Fsp3) is 0.385. The fourth-order valence-electron chi connectivity index (χ4n) is 1.35. The minimum absolute atomic E-state index is 0.186. The number of ether oxygens (including phenoxy) is 1. The van der Waals surface area contributed by atoms with Gasteiger partial charge in [-0.25, -0.2) is 4.39 Å². The third kappa shape index (κ3) is 3.74. The minimum atomic E-state index is -0.186. The van der Waals surface area contributed by atoms with E-state index in [1.807, 2.05) is 25.1 Å². The average molecular weight is 208 g/mol. The highest BCUT2D eigenvalue weighted by Crippen LogP contribution is 2.20. The third-order valence-electron chi connectivity index (χ3n) is 2.52. The fourth-order valence-corrected chi connectivity index (χ4v) is 1.35. The van der Waals surface area contributed by atoms with Crippen molar-refractivity contribution >= 4 is 0 Å². The van der Waals surface area contributed by atoms with E-state index in [1.165, 1.54) is 12.1 Å². The highest BCUT2D eigenvalue weighted by Gasteiger charge is 2.03. The first kappa shape index (κ1) is 11.8. The van der Waals surface area contributed by atoms with Crippen molar-refractivity contribution in [2.24, 2.45) is 0 Å². The Kier molecular flexibility index (Phi) is 4.35. The Labute approximate surface area is 90.6 Å². The molecule has 0 N–H and O–H groups in total. The van der Waals surface area contributed by atoms with Crippen LogP contribution in [0.5, 0.6) is 0 Å². The average Bonchev–Trinajstić information content (AvgIpc) is 2.26. The number of hydrogen-bond acceptors (Lipinski definition) is 1. The van der Waals surface area contributed by atoms with Crippen LogP contribution in [-0.4, -0.2) is 7.11 Å². The number of rotatable bonds is 4. The van der Waals surface area contributed by atoms with Gasteiger partial charge in [-0.1, -0.05) is 19.1 Å². The molecule has 0 bridgehead atoms. The molecule has 0 aromatic heterocycles. The van der Waals surface area contributed by atoms with E-state index in [0.717, 1.165) is 17.7 Å². The number of methoxy groups -OCH3 is 1. The van der Waals surface area contributed by atoms with Crippen LogP contribution in [0.1, 0.15) is 31.7 Å². The smallest absolute Gasteiger partial charge is 0.123 e. The number of benzene rings is 1. The molecule has 1 nitrogen and oxygen atoms in total. The van der Waals surface area contributed by atoms with Gasteiger partial charge in [0.25, 0.3) is 0 Å². The van der Waals surface area contributed by atoms with Crippen molar-refractivity contribution in [3.05, 3.63) is 47.5 Å². The van der Waals surface area contributed by atoms with E-state index in [9.17, 15) is 4.39 Å². The molecule has 1 atom stereocenters. The molecule has 0 aliphatic carbocycles. The second kappa shape index (κ2) is 5.54. The first-order chi connectivity index (χ1) is 7.13. The molecular formula is C13H17FO. The third-order valence-corrected chi connectivity index (χ3v) is 2.52. The molecule has 0 aliphatic rings. The second-order valence-electron chi connectivity index (χ2n) is 3.71. The predicted molar refractivity (Wildman–Crippen MR) is 60.2 cm³/mol.